The first-order valence-electron chi connectivity index (χ1n) is 7.19. The van der Waals surface area contributed by atoms with E-state index in [9.17, 15) is 4.79 Å². The van der Waals surface area contributed by atoms with Crippen LogP contribution in [0.5, 0.6) is 5.88 Å². The van der Waals surface area contributed by atoms with Crippen molar-refractivity contribution in [3.63, 3.8) is 0 Å². The van der Waals surface area contributed by atoms with Crippen LogP contribution < -0.4 is 4.74 Å². The summed E-state index contributed by atoms with van der Waals surface area (Å²) in [6, 6.07) is 16.6. The van der Waals surface area contributed by atoms with Crippen LogP contribution in [-0.4, -0.2) is 18.4 Å². The highest BCUT2D eigenvalue weighted by Crippen LogP contribution is 2.38. The van der Waals surface area contributed by atoms with Gasteiger partial charge in [-0.2, -0.15) is 0 Å². The van der Waals surface area contributed by atoms with E-state index in [4.69, 9.17) is 27.9 Å². The first kappa shape index (κ1) is 16.5. The van der Waals surface area contributed by atoms with E-state index in [1.807, 2.05) is 42.5 Å². The van der Waals surface area contributed by atoms with Crippen LogP contribution in [0.3, 0.4) is 0 Å². The SMILES string of the molecule is COc1nc(-c2cccc(-c3ccccc3Cl)c2Cl)ccc1C=O. The molecule has 0 radical (unpaired) electrons. The van der Waals surface area contributed by atoms with Crippen LogP contribution >= 0.6 is 23.2 Å². The van der Waals surface area contributed by atoms with Gasteiger partial charge in [-0.3, -0.25) is 4.79 Å². The first-order valence-corrected chi connectivity index (χ1v) is 7.95. The quantitative estimate of drug-likeness (QED) is 0.575. The molecule has 120 valence electrons. The fraction of sp³-hybridized carbons (Fsp3) is 0.0526. The van der Waals surface area contributed by atoms with Crippen molar-refractivity contribution in [2.24, 2.45) is 0 Å². The molecule has 0 aliphatic heterocycles. The van der Waals surface area contributed by atoms with Gasteiger partial charge in [0, 0.05) is 21.7 Å². The number of carbonyl (C=O) groups excluding carboxylic acids is 1. The van der Waals surface area contributed by atoms with Gasteiger partial charge in [-0.05, 0) is 18.2 Å². The third kappa shape index (κ3) is 3.01. The lowest BCUT2D eigenvalue weighted by Crippen LogP contribution is -1.96. The highest BCUT2D eigenvalue weighted by molar-refractivity contribution is 6.38. The molecule has 0 saturated heterocycles. The van der Waals surface area contributed by atoms with Crippen LogP contribution in [0.25, 0.3) is 22.4 Å². The molecular weight excluding hydrogens is 345 g/mol. The molecular formula is C19H13Cl2NO2. The van der Waals surface area contributed by atoms with Gasteiger partial charge < -0.3 is 4.74 Å². The van der Waals surface area contributed by atoms with Gasteiger partial charge in [0.25, 0.3) is 0 Å². The Kier molecular flexibility index (Phi) is 4.84. The van der Waals surface area contributed by atoms with Crippen molar-refractivity contribution in [2.75, 3.05) is 7.11 Å². The number of carbonyl (C=O) groups is 1. The Bertz CT molecular complexity index is 910. The number of hydrogen-bond acceptors (Lipinski definition) is 3. The summed E-state index contributed by atoms with van der Waals surface area (Å²) in [5, 5.41) is 1.16. The Morgan fingerprint density at radius 1 is 0.917 bits per heavy atom. The molecule has 24 heavy (non-hydrogen) atoms. The van der Waals surface area contributed by atoms with Gasteiger partial charge in [0.1, 0.15) is 0 Å². The largest absolute Gasteiger partial charge is 0.480 e. The lowest BCUT2D eigenvalue weighted by atomic mass is 10.0. The predicted octanol–water partition coefficient (Wildman–Crippen LogP) is 5.54. The fourth-order valence-corrected chi connectivity index (χ4v) is 3.03. The maximum Gasteiger partial charge on any atom is 0.224 e. The molecule has 0 spiro atoms. The number of pyridine rings is 1. The van der Waals surface area contributed by atoms with Gasteiger partial charge in [-0.25, -0.2) is 4.98 Å². The van der Waals surface area contributed by atoms with E-state index in [-0.39, 0.29) is 5.88 Å². The highest BCUT2D eigenvalue weighted by atomic mass is 35.5. The molecule has 5 heteroatoms. The number of halogens is 2. The summed E-state index contributed by atoms with van der Waals surface area (Å²) in [7, 11) is 1.47. The summed E-state index contributed by atoms with van der Waals surface area (Å²) in [5.41, 5.74) is 3.42. The molecule has 1 aromatic heterocycles. The predicted molar refractivity (Wildman–Crippen MR) is 97.1 cm³/mol. The molecule has 0 saturated carbocycles. The second-order valence-electron chi connectivity index (χ2n) is 5.06. The number of aromatic nitrogens is 1. The number of hydrogen-bond donors (Lipinski definition) is 0. The topological polar surface area (TPSA) is 39.2 Å². The Balaban J connectivity index is 2.16. The number of methoxy groups -OCH3 is 1. The number of rotatable bonds is 4. The van der Waals surface area contributed by atoms with Crippen molar-refractivity contribution < 1.29 is 9.53 Å². The van der Waals surface area contributed by atoms with Gasteiger partial charge in [-0.1, -0.05) is 59.6 Å². The normalized spacial score (nSPS) is 10.5. The molecule has 0 bridgehead atoms. The van der Waals surface area contributed by atoms with Gasteiger partial charge >= 0.3 is 0 Å². The van der Waals surface area contributed by atoms with Crippen molar-refractivity contribution >= 4 is 29.5 Å². The third-order valence-electron chi connectivity index (χ3n) is 3.65. The molecule has 2 aromatic carbocycles. The molecule has 0 fully saturated rings. The maximum atomic E-state index is 11.0. The van der Waals surface area contributed by atoms with Gasteiger partial charge in [0.2, 0.25) is 5.88 Å². The van der Waals surface area contributed by atoms with Gasteiger partial charge in [-0.15, -0.1) is 0 Å². The summed E-state index contributed by atoms with van der Waals surface area (Å²) in [6.45, 7) is 0. The van der Waals surface area contributed by atoms with Crippen LogP contribution in [0.2, 0.25) is 10.0 Å². The summed E-state index contributed by atoms with van der Waals surface area (Å²) < 4.78 is 5.17. The van der Waals surface area contributed by atoms with Crippen LogP contribution in [0.4, 0.5) is 0 Å². The zero-order valence-electron chi connectivity index (χ0n) is 12.8. The highest BCUT2D eigenvalue weighted by Gasteiger charge is 2.14. The molecule has 1 heterocycles. The summed E-state index contributed by atoms with van der Waals surface area (Å²) in [4.78, 5) is 15.4. The van der Waals surface area contributed by atoms with E-state index >= 15 is 0 Å². The molecule has 0 N–H and O–H groups in total. The third-order valence-corrected chi connectivity index (χ3v) is 4.39. The zero-order chi connectivity index (χ0) is 17.1. The summed E-state index contributed by atoms with van der Waals surface area (Å²) in [6.07, 6.45) is 0.706. The summed E-state index contributed by atoms with van der Waals surface area (Å²) >= 11 is 12.9. The molecule has 0 aliphatic rings. The van der Waals surface area contributed by atoms with Crippen LogP contribution in [0, 0.1) is 0 Å². The molecule has 0 aliphatic carbocycles. The number of benzene rings is 2. The van der Waals surface area contributed by atoms with Gasteiger partial charge in [0.15, 0.2) is 6.29 Å². The van der Waals surface area contributed by atoms with Crippen molar-refractivity contribution in [3.8, 4) is 28.3 Å². The van der Waals surface area contributed by atoms with E-state index in [1.165, 1.54) is 7.11 Å². The Morgan fingerprint density at radius 2 is 1.62 bits per heavy atom. The zero-order valence-corrected chi connectivity index (χ0v) is 14.3. The van der Waals surface area contributed by atoms with Gasteiger partial charge in [0.05, 0.1) is 23.4 Å². The Hall–Kier alpha value is -2.36. The number of aldehydes is 1. The monoisotopic (exact) mass is 357 g/mol. The molecule has 0 unspecified atom stereocenters. The average Bonchev–Trinajstić information content (AvgIpc) is 2.62. The van der Waals surface area contributed by atoms with Crippen LogP contribution in [-0.2, 0) is 0 Å². The molecule has 3 nitrogen and oxygen atoms in total. The van der Waals surface area contributed by atoms with Crippen molar-refractivity contribution in [1.82, 2.24) is 4.98 Å². The lowest BCUT2D eigenvalue weighted by Gasteiger charge is -2.12. The van der Waals surface area contributed by atoms with E-state index in [0.717, 1.165) is 16.7 Å². The number of ether oxygens (including phenoxy) is 1. The lowest BCUT2D eigenvalue weighted by molar-refractivity contribution is 0.112. The van der Waals surface area contributed by atoms with E-state index in [0.29, 0.717) is 27.6 Å². The number of nitrogens with zero attached hydrogens (tertiary/aromatic N) is 1. The summed E-state index contributed by atoms with van der Waals surface area (Å²) in [5.74, 6) is 0.265. The molecule has 0 amide bonds. The van der Waals surface area contributed by atoms with E-state index < -0.39 is 0 Å². The maximum absolute atomic E-state index is 11.0. The van der Waals surface area contributed by atoms with E-state index in [1.54, 1.807) is 12.1 Å². The average molecular weight is 358 g/mol. The van der Waals surface area contributed by atoms with E-state index in [2.05, 4.69) is 4.98 Å². The fourth-order valence-electron chi connectivity index (χ4n) is 2.47. The second-order valence-corrected chi connectivity index (χ2v) is 5.84. The Labute approximate surface area is 149 Å². The minimum Gasteiger partial charge on any atom is -0.480 e. The standard InChI is InChI=1S/C19H13Cl2NO2/c1-24-19-12(11-23)9-10-17(22-19)15-7-4-6-14(18(15)21)13-5-2-3-8-16(13)20/h2-11H,1H3. The van der Waals surface area contributed by atoms with Crippen LogP contribution in [0.15, 0.2) is 54.6 Å². The van der Waals surface area contributed by atoms with Crippen molar-refractivity contribution in [3.05, 3.63) is 70.2 Å². The van der Waals surface area contributed by atoms with Crippen molar-refractivity contribution in [2.45, 2.75) is 0 Å². The van der Waals surface area contributed by atoms with Crippen molar-refractivity contribution in [1.29, 1.82) is 0 Å². The molecule has 0 atom stereocenters. The minimum atomic E-state index is 0.265. The first-order chi connectivity index (χ1) is 11.7. The smallest absolute Gasteiger partial charge is 0.224 e. The van der Waals surface area contributed by atoms with Crippen LogP contribution in [0.1, 0.15) is 10.4 Å². The Morgan fingerprint density at radius 3 is 2.33 bits per heavy atom. The second kappa shape index (κ2) is 7.04. The molecule has 3 aromatic rings. The molecule has 3 rings (SSSR count). The minimum absolute atomic E-state index is 0.265.